The van der Waals surface area contributed by atoms with Crippen LogP contribution in [0.1, 0.15) is 12.8 Å². The zero-order valence-electron chi connectivity index (χ0n) is 8.62. The van der Waals surface area contributed by atoms with E-state index >= 15 is 0 Å². The Kier molecular flexibility index (Phi) is 4.55. The van der Waals surface area contributed by atoms with E-state index in [2.05, 4.69) is 20.8 Å². The van der Waals surface area contributed by atoms with Crippen LogP contribution >= 0.6 is 0 Å². The van der Waals surface area contributed by atoms with Gasteiger partial charge in [-0.25, -0.2) is 0 Å². The molecule has 0 aromatic carbocycles. The van der Waals surface area contributed by atoms with E-state index in [-0.39, 0.29) is 18.5 Å². The van der Waals surface area contributed by atoms with Gasteiger partial charge in [-0.05, 0) is 6.92 Å². The summed E-state index contributed by atoms with van der Waals surface area (Å²) in [4.78, 5) is 11.1. The van der Waals surface area contributed by atoms with Gasteiger partial charge in [0, 0.05) is 19.5 Å². The molecule has 0 fully saturated rings. The summed E-state index contributed by atoms with van der Waals surface area (Å²) >= 11 is 0. The summed E-state index contributed by atoms with van der Waals surface area (Å²) < 4.78 is 5.16. The summed E-state index contributed by atoms with van der Waals surface area (Å²) in [5.41, 5.74) is 5.32. The molecule has 1 aromatic rings. The van der Waals surface area contributed by atoms with Crippen molar-refractivity contribution in [2.45, 2.75) is 13.3 Å². The first-order valence-electron chi connectivity index (χ1n) is 4.79. The summed E-state index contributed by atoms with van der Waals surface area (Å²) in [6.07, 6.45) is 0.538. The molecule has 0 saturated carbocycles. The van der Waals surface area contributed by atoms with Gasteiger partial charge in [0.05, 0.1) is 6.54 Å². The minimum atomic E-state index is -0.115. The summed E-state index contributed by atoms with van der Waals surface area (Å²) in [5, 5.41) is 12.8. The summed E-state index contributed by atoms with van der Waals surface area (Å²) in [5.74, 6) is 0.354. The van der Waals surface area contributed by atoms with Gasteiger partial charge in [-0.2, -0.15) is 0 Å². The van der Waals surface area contributed by atoms with Crippen molar-refractivity contribution in [1.82, 2.24) is 15.5 Å². The molecule has 1 rings (SSSR count). The number of anilines is 1. The molecule has 4 N–H and O–H groups in total. The SMILES string of the molecule is CCNC(=O)CNc1nnc(CCN)o1. The number of nitrogens with one attached hydrogen (secondary N) is 2. The van der Waals surface area contributed by atoms with E-state index in [9.17, 15) is 4.79 Å². The van der Waals surface area contributed by atoms with Crippen molar-refractivity contribution in [3.8, 4) is 0 Å². The predicted octanol–water partition coefficient (Wildman–Crippen LogP) is -0.881. The molecule has 1 heterocycles. The number of likely N-dealkylation sites (N-methyl/N-ethyl adjacent to an activating group) is 1. The Morgan fingerprint density at radius 3 is 3.00 bits per heavy atom. The van der Waals surface area contributed by atoms with Crippen molar-refractivity contribution >= 4 is 11.9 Å². The van der Waals surface area contributed by atoms with Gasteiger partial charge in [-0.1, -0.05) is 5.10 Å². The van der Waals surface area contributed by atoms with Gasteiger partial charge in [-0.15, -0.1) is 5.10 Å². The van der Waals surface area contributed by atoms with Crippen LogP contribution in [-0.2, 0) is 11.2 Å². The molecule has 0 atom stereocenters. The lowest BCUT2D eigenvalue weighted by Gasteiger charge is -2.00. The summed E-state index contributed by atoms with van der Waals surface area (Å²) in [6.45, 7) is 3.03. The molecule has 0 bridgehead atoms. The topological polar surface area (TPSA) is 106 Å². The average molecular weight is 213 g/mol. The highest BCUT2D eigenvalue weighted by Gasteiger charge is 2.06. The second-order valence-corrected chi connectivity index (χ2v) is 2.85. The van der Waals surface area contributed by atoms with Crippen LogP contribution < -0.4 is 16.4 Å². The number of carbonyl (C=O) groups excluding carboxylic acids is 1. The molecule has 0 unspecified atom stereocenters. The molecule has 0 saturated heterocycles. The van der Waals surface area contributed by atoms with E-state index < -0.39 is 0 Å². The van der Waals surface area contributed by atoms with Crippen LogP contribution in [0.25, 0.3) is 0 Å². The van der Waals surface area contributed by atoms with Gasteiger partial charge < -0.3 is 20.8 Å². The number of aromatic nitrogens is 2. The molecule has 0 spiro atoms. The van der Waals surface area contributed by atoms with Crippen LogP contribution in [0.4, 0.5) is 6.01 Å². The highest BCUT2D eigenvalue weighted by Crippen LogP contribution is 2.04. The minimum absolute atomic E-state index is 0.115. The number of hydrogen-bond donors (Lipinski definition) is 3. The Labute approximate surface area is 87.4 Å². The largest absolute Gasteiger partial charge is 0.408 e. The smallest absolute Gasteiger partial charge is 0.315 e. The van der Waals surface area contributed by atoms with Crippen LogP contribution in [0.5, 0.6) is 0 Å². The fourth-order valence-corrected chi connectivity index (χ4v) is 0.965. The van der Waals surface area contributed by atoms with Crippen LogP contribution in [0.2, 0.25) is 0 Å². The molecule has 1 amide bonds. The number of rotatable bonds is 6. The lowest BCUT2D eigenvalue weighted by atomic mass is 10.4. The normalized spacial score (nSPS) is 10.0. The summed E-state index contributed by atoms with van der Waals surface area (Å²) in [6, 6.07) is 0.240. The molecule has 0 aliphatic rings. The third kappa shape index (κ3) is 3.94. The second kappa shape index (κ2) is 5.97. The van der Waals surface area contributed by atoms with E-state index in [1.165, 1.54) is 0 Å². The van der Waals surface area contributed by atoms with E-state index in [0.29, 0.717) is 25.4 Å². The quantitative estimate of drug-likeness (QED) is 0.566. The van der Waals surface area contributed by atoms with Crippen molar-refractivity contribution < 1.29 is 9.21 Å². The number of carbonyl (C=O) groups is 1. The molecular formula is C8H15N5O2. The molecule has 7 heteroatoms. The Morgan fingerprint density at radius 2 is 2.33 bits per heavy atom. The molecule has 0 aliphatic carbocycles. The van der Waals surface area contributed by atoms with Crippen molar-refractivity contribution in [1.29, 1.82) is 0 Å². The fraction of sp³-hybridized carbons (Fsp3) is 0.625. The maximum absolute atomic E-state index is 11.1. The van der Waals surface area contributed by atoms with Gasteiger partial charge >= 0.3 is 6.01 Å². The number of amides is 1. The Hall–Kier alpha value is -1.63. The monoisotopic (exact) mass is 213 g/mol. The summed E-state index contributed by atoms with van der Waals surface area (Å²) in [7, 11) is 0. The fourth-order valence-electron chi connectivity index (χ4n) is 0.965. The average Bonchev–Trinajstić information content (AvgIpc) is 2.64. The van der Waals surface area contributed by atoms with Crippen molar-refractivity contribution in [2.75, 3.05) is 25.0 Å². The number of hydrogen-bond acceptors (Lipinski definition) is 6. The first-order chi connectivity index (χ1) is 7.26. The van der Waals surface area contributed by atoms with Crippen LogP contribution in [-0.4, -0.2) is 35.7 Å². The van der Waals surface area contributed by atoms with Crippen LogP contribution in [0.3, 0.4) is 0 Å². The standard InChI is InChI=1S/C8H15N5O2/c1-2-10-6(14)5-11-8-13-12-7(15-8)3-4-9/h2-5,9H2,1H3,(H,10,14)(H,11,13). The minimum Gasteiger partial charge on any atom is -0.408 e. The van der Waals surface area contributed by atoms with E-state index in [1.54, 1.807) is 0 Å². The molecule has 84 valence electrons. The predicted molar refractivity (Wildman–Crippen MR) is 54.2 cm³/mol. The molecule has 0 aliphatic heterocycles. The Bertz CT molecular complexity index is 312. The van der Waals surface area contributed by atoms with Gasteiger partial charge in [0.15, 0.2) is 0 Å². The van der Waals surface area contributed by atoms with Crippen LogP contribution in [0.15, 0.2) is 4.42 Å². The zero-order valence-corrected chi connectivity index (χ0v) is 8.62. The van der Waals surface area contributed by atoms with E-state index in [4.69, 9.17) is 10.2 Å². The third-order valence-corrected chi connectivity index (χ3v) is 1.60. The second-order valence-electron chi connectivity index (χ2n) is 2.85. The van der Waals surface area contributed by atoms with E-state index in [0.717, 1.165) is 0 Å². The van der Waals surface area contributed by atoms with Gasteiger partial charge in [0.25, 0.3) is 0 Å². The molecule has 7 nitrogen and oxygen atoms in total. The highest BCUT2D eigenvalue weighted by atomic mass is 16.4. The van der Waals surface area contributed by atoms with E-state index in [1.807, 2.05) is 6.92 Å². The third-order valence-electron chi connectivity index (χ3n) is 1.60. The Morgan fingerprint density at radius 1 is 1.53 bits per heavy atom. The molecule has 1 aromatic heterocycles. The van der Waals surface area contributed by atoms with Gasteiger partial charge in [0.2, 0.25) is 11.8 Å². The highest BCUT2D eigenvalue weighted by molar-refractivity contribution is 5.79. The van der Waals surface area contributed by atoms with Crippen LogP contribution in [0, 0.1) is 0 Å². The zero-order chi connectivity index (χ0) is 11.1. The van der Waals surface area contributed by atoms with Crippen molar-refractivity contribution in [3.05, 3.63) is 5.89 Å². The maximum Gasteiger partial charge on any atom is 0.315 e. The maximum atomic E-state index is 11.1. The molecule has 0 radical (unpaired) electrons. The molecule has 15 heavy (non-hydrogen) atoms. The molecular weight excluding hydrogens is 198 g/mol. The first kappa shape index (κ1) is 11.4. The Balaban J connectivity index is 2.34. The first-order valence-corrected chi connectivity index (χ1v) is 4.79. The number of nitrogens with zero attached hydrogens (tertiary/aromatic N) is 2. The lowest BCUT2D eigenvalue weighted by molar-refractivity contribution is -0.119. The van der Waals surface area contributed by atoms with Crippen molar-refractivity contribution in [2.24, 2.45) is 5.73 Å². The lowest BCUT2D eigenvalue weighted by Crippen LogP contribution is -2.29. The number of nitrogens with two attached hydrogens (primary N) is 1. The van der Waals surface area contributed by atoms with Gasteiger partial charge in [0.1, 0.15) is 0 Å². The van der Waals surface area contributed by atoms with Crippen molar-refractivity contribution in [3.63, 3.8) is 0 Å². The van der Waals surface area contributed by atoms with Gasteiger partial charge in [-0.3, -0.25) is 4.79 Å².